The van der Waals surface area contributed by atoms with Gasteiger partial charge in [-0.2, -0.15) is 0 Å². The van der Waals surface area contributed by atoms with Crippen LogP contribution in [0.4, 0.5) is 5.69 Å². The van der Waals surface area contributed by atoms with Gasteiger partial charge in [0.2, 0.25) is 5.75 Å². The lowest BCUT2D eigenvalue weighted by Gasteiger charge is -2.15. The average Bonchev–Trinajstić information content (AvgIpc) is 2.24. The van der Waals surface area contributed by atoms with E-state index in [1.165, 1.54) is 0 Å². The molecule has 0 bridgehead atoms. The fourth-order valence-electron chi connectivity index (χ4n) is 1.29. The van der Waals surface area contributed by atoms with Crippen molar-refractivity contribution in [3.63, 3.8) is 0 Å². The second-order valence-electron chi connectivity index (χ2n) is 2.88. The molecule has 0 atom stereocenters. The lowest BCUT2D eigenvalue weighted by molar-refractivity contribution is 0.273. The van der Waals surface area contributed by atoms with E-state index < -0.39 is 0 Å². The summed E-state index contributed by atoms with van der Waals surface area (Å²) in [6.45, 7) is 4.88. The molecule has 0 heterocycles. The summed E-state index contributed by atoms with van der Waals surface area (Å²) >= 11 is 0. The summed E-state index contributed by atoms with van der Waals surface area (Å²) in [7, 11) is 1.59. The van der Waals surface area contributed by atoms with Crippen molar-refractivity contribution >= 4 is 5.69 Å². The van der Waals surface area contributed by atoms with Crippen LogP contribution in [-0.2, 0) is 0 Å². The van der Waals surface area contributed by atoms with Crippen LogP contribution >= 0.6 is 0 Å². The standard InChI is InChI=1S/C11H17NO3/c1-4-14-10-8(12)6-7-9(13-3)11(10)15-5-2/h6-7H,4-5,12H2,1-3H3. The maximum atomic E-state index is 5.80. The Balaban J connectivity index is 3.17. The lowest BCUT2D eigenvalue weighted by Crippen LogP contribution is -2.03. The van der Waals surface area contributed by atoms with Crippen LogP contribution < -0.4 is 19.9 Å². The number of nitrogen functional groups attached to an aromatic ring is 1. The Bertz CT molecular complexity index is 326. The third kappa shape index (κ3) is 2.46. The molecule has 0 saturated heterocycles. The molecule has 1 aromatic rings. The molecule has 4 heteroatoms. The Morgan fingerprint density at radius 1 is 1.07 bits per heavy atom. The first-order valence-corrected chi connectivity index (χ1v) is 4.96. The van der Waals surface area contributed by atoms with Crippen molar-refractivity contribution in [1.82, 2.24) is 0 Å². The molecule has 84 valence electrons. The highest BCUT2D eigenvalue weighted by Gasteiger charge is 2.14. The van der Waals surface area contributed by atoms with E-state index in [0.29, 0.717) is 36.1 Å². The second kappa shape index (κ2) is 5.34. The van der Waals surface area contributed by atoms with Gasteiger partial charge in [0.25, 0.3) is 0 Å². The van der Waals surface area contributed by atoms with Crippen molar-refractivity contribution in [2.24, 2.45) is 0 Å². The molecule has 2 N–H and O–H groups in total. The summed E-state index contributed by atoms with van der Waals surface area (Å²) in [5.74, 6) is 1.76. The number of nitrogens with two attached hydrogens (primary N) is 1. The normalized spacial score (nSPS) is 9.80. The van der Waals surface area contributed by atoms with Gasteiger partial charge in [0.05, 0.1) is 26.0 Å². The van der Waals surface area contributed by atoms with Crippen molar-refractivity contribution in [3.05, 3.63) is 12.1 Å². The Hall–Kier alpha value is -1.58. The lowest BCUT2D eigenvalue weighted by atomic mass is 10.2. The Morgan fingerprint density at radius 2 is 1.67 bits per heavy atom. The van der Waals surface area contributed by atoms with Crippen LogP contribution in [0.2, 0.25) is 0 Å². The van der Waals surface area contributed by atoms with E-state index in [1.807, 2.05) is 13.8 Å². The number of ether oxygens (including phenoxy) is 3. The zero-order chi connectivity index (χ0) is 11.3. The number of hydrogen-bond donors (Lipinski definition) is 1. The predicted molar refractivity (Wildman–Crippen MR) is 59.7 cm³/mol. The number of rotatable bonds is 5. The van der Waals surface area contributed by atoms with Crippen molar-refractivity contribution in [1.29, 1.82) is 0 Å². The third-order valence-electron chi connectivity index (χ3n) is 1.90. The fourth-order valence-corrected chi connectivity index (χ4v) is 1.29. The van der Waals surface area contributed by atoms with Crippen LogP contribution in [0, 0.1) is 0 Å². The van der Waals surface area contributed by atoms with Gasteiger partial charge < -0.3 is 19.9 Å². The van der Waals surface area contributed by atoms with Crippen molar-refractivity contribution < 1.29 is 14.2 Å². The van der Waals surface area contributed by atoms with E-state index in [9.17, 15) is 0 Å². The molecular weight excluding hydrogens is 194 g/mol. The molecule has 0 amide bonds. The molecule has 0 fully saturated rings. The Kier molecular flexibility index (Phi) is 4.09. The van der Waals surface area contributed by atoms with Gasteiger partial charge >= 0.3 is 0 Å². The highest BCUT2D eigenvalue weighted by molar-refractivity contribution is 5.65. The first-order chi connectivity index (χ1) is 7.24. The minimum Gasteiger partial charge on any atom is -0.493 e. The largest absolute Gasteiger partial charge is 0.493 e. The molecule has 0 spiro atoms. The van der Waals surface area contributed by atoms with Gasteiger partial charge in [-0.25, -0.2) is 0 Å². The number of hydrogen-bond acceptors (Lipinski definition) is 4. The molecule has 1 aromatic carbocycles. The van der Waals surface area contributed by atoms with Crippen LogP contribution in [0.25, 0.3) is 0 Å². The molecular formula is C11H17NO3. The number of methoxy groups -OCH3 is 1. The predicted octanol–water partition coefficient (Wildman–Crippen LogP) is 2.07. The van der Waals surface area contributed by atoms with E-state index in [4.69, 9.17) is 19.9 Å². The topological polar surface area (TPSA) is 53.7 Å². The van der Waals surface area contributed by atoms with Gasteiger partial charge in [0, 0.05) is 0 Å². The maximum absolute atomic E-state index is 5.80. The fraction of sp³-hybridized carbons (Fsp3) is 0.455. The van der Waals surface area contributed by atoms with Gasteiger partial charge in [-0.3, -0.25) is 0 Å². The first-order valence-electron chi connectivity index (χ1n) is 4.96. The van der Waals surface area contributed by atoms with Crippen molar-refractivity contribution in [2.75, 3.05) is 26.1 Å². The maximum Gasteiger partial charge on any atom is 0.205 e. The SMILES string of the molecule is CCOc1c(N)ccc(OC)c1OCC. The zero-order valence-electron chi connectivity index (χ0n) is 9.37. The van der Waals surface area contributed by atoms with E-state index in [1.54, 1.807) is 19.2 Å². The molecule has 15 heavy (non-hydrogen) atoms. The minimum atomic E-state index is 0.539. The molecule has 0 aliphatic heterocycles. The van der Waals surface area contributed by atoms with Crippen molar-refractivity contribution in [2.45, 2.75) is 13.8 Å². The number of benzene rings is 1. The van der Waals surface area contributed by atoms with E-state index in [2.05, 4.69) is 0 Å². The molecule has 1 rings (SSSR count). The zero-order valence-corrected chi connectivity index (χ0v) is 9.37. The minimum absolute atomic E-state index is 0.539. The first kappa shape index (κ1) is 11.5. The smallest absolute Gasteiger partial charge is 0.205 e. The molecule has 0 radical (unpaired) electrons. The van der Waals surface area contributed by atoms with Gasteiger partial charge in [-0.1, -0.05) is 0 Å². The van der Waals surface area contributed by atoms with Crippen LogP contribution in [0.3, 0.4) is 0 Å². The Labute approximate surface area is 89.9 Å². The van der Waals surface area contributed by atoms with E-state index in [0.717, 1.165) is 0 Å². The van der Waals surface area contributed by atoms with Gasteiger partial charge in [0.15, 0.2) is 11.5 Å². The molecule has 0 saturated carbocycles. The number of anilines is 1. The average molecular weight is 211 g/mol. The molecule has 0 aliphatic rings. The van der Waals surface area contributed by atoms with E-state index in [-0.39, 0.29) is 0 Å². The summed E-state index contributed by atoms with van der Waals surface area (Å²) in [4.78, 5) is 0. The molecule has 0 aromatic heterocycles. The summed E-state index contributed by atoms with van der Waals surface area (Å²) in [5.41, 5.74) is 6.36. The highest BCUT2D eigenvalue weighted by Crippen LogP contribution is 2.41. The van der Waals surface area contributed by atoms with Crippen molar-refractivity contribution in [3.8, 4) is 17.2 Å². The van der Waals surface area contributed by atoms with Gasteiger partial charge in [-0.15, -0.1) is 0 Å². The quantitative estimate of drug-likeness (QED) is 0.757. The van der Waals surface area contributed by atoms with Crippen LogP contribution in [0.5, 0.6) is 17.2 Å². The summed E-state index contributed by atoms with van der Waals surface area (Å²) in [6.07, 6.45) is 0. The summed E-state index contributed by atoms with van der Waals surface area (Å²) < 4.78 is 16.1. The highest BCUT2D eigenvalue weighted by atomic mass is 16.5. The molecule has 0 unspecified atom stereocenters. The second-order valence-corrected chi connectivity index (χ2v) is 2.88. The molecule has 4 nitrogen and oxygen atoms in total. The Morgan fingerprint density at radius 3 is 2.20 bits per heavy atom. The summed E-state index contributed by atoms with van der Waals surface area (Å²) in [5, 5.41) is 0. The van der Waals surface area contributed by atoms with Crippen LogP contribution in [0.1, 0.15) is 13.8 Å². The van der Waals surface area contributed by atoms with Gasteiger partial charge in [0.1, 0.15) is 0 Å². The third-order valence-corrected chi connectivity index (χ3v) is 1.90. The molecule has 0 aliphatic carbocycles. The van der Waals surface area contributed by atoms with Crippen LogP contribution in [-0.4, -0.2) is 20.3 Å². The van der Waals surface area contributed by atoms with E-state index >= 15 is 0 Å². The monoisotopic (exact) mass is 211 g/mol. The van der Waals surface area contributed by atoms with Gasteiger partial charge in [-0.05, 0) is 26.0 Å². The van der Waals surface area contributed by atoms with Crippen LogP contribution in [0.15, 0.2) is 12.1 Å². The summed E-state index contributed by atoms with van der Waals surface area (Å²) in [6, 6.07) is 3.51.